The van der Waals surface area contributed by atoms with Gasteiger partial charge in [0.25, 0.3) is 0 Å². The SMILES string of the molecule is COc1cc(OC)c2cc(CCCNC(=O)CC3CSCCN3)[nH]c2c1.Cl. The molecule has 3 N–H and O–H groups in total. The number of hydrogen-bond acceptors (Lipinski definition) is 5. The van der Waals surface area contributed by atoms with Crippen LogP contribution in [0, 0.1) is 0 Å². The van der Waals surface area contributed by atoms with E-state index in [1.807, 2.05) is 23.9 Å². The van der Waals surface area contributed by atoms with Gasteiger partial charge in [0.2, 0.25) is 5.91 Å². The van der Waals surface area contributed by atoms with Crippen LogP contribution < -0.4 is 20.1 Å². The van der Waals surface area contributed by atoms with E-state index in [-0.39, 0.29) is 18.3 Å². The Labute approximate surface area is 170 Å². The van der Waals surface area contributed by atoms with Gasteiger partial charge in [0.1, 0.15) is 11.5 Å². The summed E-state index contributed by atoms with van der Waals surface area (Å²) in [5, 5.41) is 7.47. The van der Waals surface area contributed by atoms with E-state index in [2.05, 4.69) is 21.7 Å². The van der Waals surface area contributed by atoms with Crippen molar-refractivity contribution in [3.63, 3.8) is 0 Å². The summed E-state index contributed by atoms with van der Waals surface area (Å²) in [4.78, 5) is 15.4. The van der Waals surface area contributed by atoms with E-state index in [0.717, 1.165) is 59.0 Å². The lowest BCUT2D eigenvalue weighted by Crippen LogP contribution is -2.41. The summed E-state index contributed by atoms with van der Waals surface area (Å²) >= 11 is 1.91. The molecule has 0 aliphatic carbocycles. The summed E-state index contributed by atoms with van der Waals surface area (Å²) in [5.74, 6) is 3.86. The lowest BCUT2D eigenvalue weighted by atomic mass is 10.2. The number of carbonyl (C=O) groups is 1. The van der Waals surface area contributed by atoms with Crippen molar-refractivity contribution in [2.75, 3.05) is 38.8 Å². The zero-order valence-corrected chi connectivity index (χ0v) is 17.4. The van der Waals surface area contributed by atoms with Crippen molar-refractivity contribution in [3.05, 3.63) is 23.9 Å². The van der Waals surface area contributed by atoms with Crippen LogP contribution in [0.25, 0.3) is 10.9 Å². The van der Waals surface area contributed by atoms with Crippen LogP contribution in [0.4, 0.5) is 0 Å². The maximum atomic E-state index is 12.0. The molecule has 1 atom stereocenters. The summed E-state index contributed by atoms with van der Waals surface area (Å²) in [7, 11) is 3.31. The number of aromatic nitrogens is 1. The number of aryl methyl sites for hydroxylation is 1. The highest BCUT2D eigenvalue weighted by Gasteiger charge is 2.16. The minimum absolute atomic E-state index is 0. The Morgan fingerprint density at radius 3 is 2.85 bits per heavy atom. The maximum absolute atomic E-state index is 12.0. The first-order chi connectivity index (χ1) is 12.7. The summed E-state index contributed by atoms with van der Waals surface area (Å²) in [6.07, 6.45) is 2.33. The highest BCUT2D eigenvalue weighted by atomic mass is 35.5. The van der Waals surface area contributed by atoms with E-state index in [1.165, 1.54) is 0 Å². The molecule has 1 aromatic heterocycles. The lowest BCUT2D eigenvalue weighted by Gasteiger charge is -2.22. The van der Waals surface area contributed by atoms with Crippen molar-refractivity contribution in [2.24, 2.45) is 0 Å². The van der Waals surface area contributed by atoms with Gasteiger partial charge in [-0.3, -0.25) is 4.79 Å². The Morgan fingerprint density at radius 1 is 1.30 bits per heavy atom. The van der Waals surface area contributed by atoms with Gasteiger partial charge in [-0.1, -0.05) is 0 Å². The average Bonchev–Trinajstić information content (AvgIpc) is 3.08. The largest absolute Gasteiger partial charge is 0.497 e. The lowest BCUT2D eigenvalue weighted by molar-refractivity contribution is -0.121. The van der Waals surface area contributed by atoms with Gasteiger partial charge in [-0.2, -0.15) is 11.8 Å². The van der Waals surface area contributed by atoms with E-state index in [1.54, 1.807) is 14.2 Å². The molecule has 0 spiro atoms. The molecule has 27 heavy (non-hydrogen) atoms. The van der Waals surface area contributed by atoms with Crippen molar-refractivity contribution in [1.29, 1.82) is 0 Å². The van der Waals surface area contributed by atoms with Crippen molar-refractivity contribution in [3.8, 4) is 11.5 Å². The highest BCUT2D eigenvalue weighted by Crippen LogP contribution is 2.31. The standard InChI is InChI=1S/C19H27N3O3S.ClH/c1-24-15-10-17-16(18(11-15)25-2)8-13(22-17)4-3-5-21-19(23)9-14-12-26-7-6-20-14;/h8,10-11,14,20,22H,3-7,9,12H2,1-2H3,(H,21,23);1H. The average molecular weight is 414 g/mol. The van der Waals surface area contributed by atoms with Crippen LogP contribution in [-0.2, 0) is 11.2 Å². The number of thioether (sulfide) groups is 1. The fraction of sp³-hybridized carbons (Fsp3) is 0.526. The number of rotatable bonds is 8. The number of aromatic amines is 1. The number of fused-ring (bicyclic) bond motifs is 1. The number of hydrogen-bond donors (Lipinski definition) is 3. The Balaban J connectivity index is 0.00000261. The molecule has 1 fully saturated rings. The minimum Gasteiger partial charge on any atom is -0.497 e. The second-order valence-electron chi connectivity index (χ2n) is 6.47. The number of amides is 1. The molecular formula is C19H28ClN3O3S. The summed E-state index contributed by atoms with van der Waals surface area (Å²) < 4.78 is 10.8. The molecule has 8 heteroatoms. The van der Waals surface area contributed by atoms with Crippen molar-refractivity contribution < 1.29 is 14.3 Å². The topological polar surface area (TPSA) is 75.4 Å². The molecule has 1 aliphatic heterocycles. The first kappa shape index (κ1) is 21.7. The number of carbonyl (C=O) groups excluding carboxylic acids is 1. The van der Waals surface area contributed by atoms with Gasteiger partial charge in [0, 0.05) is 60.3 Å². The Bertz CT molecular complexity index is 747. The van der Waals surface area contributed by atoms with Crippen LogP contribution in [-0.4, -0.2) is 55.7 Å². The number of methoxy groups -OCH3 is 2. The van der Waals surface area contributed by atoms with Crippen LogP contribution in [0.15, 0.2) is 18.2 Å². The fourth-order valence-electron chi connectivity index (χ4n) is 3.21. The molecule has 3 rings (SSSR count). The van der Waals surface area contributed by atoms with Gasteiger partial charge in [-0.25, -0.2) is 0 Å². The summed E-state index contributed by atoms with van der Waals surface area (Å²) in [6.45, 7) is 1.69. The monoisotopic (exact) mass is 413 g/mol. The minimum atomic E-state index is 0. The van der Waals surface area contributed by atoms with Gasteiger partial charge >= 0.3 is 0 Å². The third kappa shape index (κ3) is 5.96. The second-order valence-corrected chi connectivity index (χ2v) is 7.62. The molecule has 1 aromatic carbocycles. The molecule has 0 saturated carbocycles. The van der Waals surface area contributed by atoms with Crippen LogP contribution in [0.3, 0.4) is 0 Å². The predicted molar refractivity (Wildman–Crippen MR) is 114 cm³/mol. The Hall–Kier alpha value is -1.57. The second kappa shape index (κ2) is 10.7. The maximum Gasteiger partial charge on any atom is 0.221 e. The number of ether oxygens (including phenoxy) is 2. The van der Waals surface area contributed by atoms with Gasteiger partial charge < -0.3 is 25.1 Å². The van der Waals surface area contributed by atoms with Gasteiger partial charge in [0.15, 0.2) is 0 Å². The summed E-state index contributed by atoms with van der Waals surface area (Å²) in [5.41, 5.74) is 2.13. The van der Waals surface area contributed by atoms with E-state index in [0.29, 0.717) is 19.0 Å². The predicted octanol–water partition coefficient (Wildman–Crippen LogP) is 2.75. The zero-order chi connectivity index (χ0) is 18.4. The molecule has 0 bridgehead atoms. The Kier molecular flexibility index (Phi) is 8.60. The third-order valence-corrected chi connectivity index (χ3v) is 5.69. The van der Waals surface area contributed by atoms with E-state index in [4.69, 9.17) is 9.47 Å². The molecule has 1 aliphatic rings. The molecular weight excluding hydrogens is 386 g/mol. The first-order valence-electron chi connectivity index (χ1n) is 9.01. The Morgan fingerprint density at radius 2 is 2.15 bits per heavy atom. The van der Waals surface area contributed by atoms with Gasteiger partial charge in [-0.05, 0) is 18.9 Å². The van der Waals surface area contributed by atoms with E-state index >= 15 is 0 Å². The van der Waals surface area contributed by atoms with Crippen molar-refractivity contribution >= 4 is 41.0 Å². The number of benzene rings is 1. The molecule has 1 amide bonds. The van der Waals surface area contributed by atoms with Gasteiger partial charge in [0.05, 0.1) is 19.7 Å². The third-order valence-electron chi connectivity index (χ3n) is 4.56. The highest BCUT2D eigenvalue weighted by molar-refractivity contribution is 7.99. The normalized spacial score (nSPS) is 16.6. The smallest absolute Gasteiger partial charge is 0.221 e. The molecule has 0 radical (unpaired) electrons. The quantitative estimate of drug-likeness (QED) is 0.580. The van der Waals surface area contributed by atoms with E-state index in [9.17, 15) is 4.79 Å². The number of halogens is 1. The van der Waals surface area contributed by atoms with Crippen molar-refractivity contribution in [1.82, 2.24) is 15.6 Å². The zero-order valence-electron chi connectivity index (χ0n) is 15.8. The first-order valence-corrected chi connectivity index (χ1v) is 10.2. The van der Waals surface area contributed by atoms with Crippen LogP contribution in [0.1, 0.15) is 18.5 Å². The molecule has 1 saturated heterocycles. The molecule has 2 heterocycles. The van der Waals surface area contributed by atoms with Gasteiger partial charge in [-0.15, -0.1) is 12.4 Å². The van der Waals surface area contributed by atoms with E-state index < -0.39 is 0 Å². The number of nitrogens with one attached hydrogen (secondary N) is 3. The molecule has 1 unspecified atom stereocenters. The number of H-pyrrole nitrogens is 1. The molecule has 2 aromatic rings. The van der Waals surface area contributed by atoms with Crippen LogP contribution in [0.5, 0.6) is 11.5 Å². The van der Waals surface area contributed by atoms with Crippen LogP contribution >= 0.6 is 24.2 Å². The van der Waals surface area contributed by atoms with Crippen molar-refractivity contribution in [2.45, 2.75) is 25.3 Å². The molecule has 150 valence electrons. The summed E-state index contributed by atoms with van der Waals surface area (Å²) in [6, 6.07) is 6.28. The van der Waals surface area contributed by atoms with Crippen LogP contribution in [0.2, 0.25) is 0 Å². The molecule has 6 nitrogen and oxygen atoms in total. The fourth-order valence-corrected chi connectivity index (χ4v) is 4.16.